The van der Waals surface area contributed by atoms with Gasteiger partial charge in [-0.25, -0.2) is 0 Å². The largest absolute Gasteiger partial charge is 0.392 e. The van der Waals surface area contributed by atoms with Crippen molar-refractivity contribution in [2.75, 3.05) is 39.3 Å². The summed E-state index contributed by atoms with van der Waals surface area (Å²) in [6, 6.07) is 9.33. The number of likely N-dealkylation sites (tertiary alicyclic amines) is 1. The number of hydrogen-bond donors (Lipinski definition) is 2. The maximum Gasteiger partial charge on any atom is 0.253 e. The smallest absolute Gasteiger partial charge is 0.253 e. The highest BCUT2D eigenvalue weighted by Crippen LogP contribution is 2.39. The summed E-state index contributed by atoms with van der Waals surface area (Å²) in [5, 5.41) is 12.9. The van der Waals surface area contributed by atoms with Crippen molar-refractivity contribution in [3.05, 3.63) is 35.9 Å². The summed E-state index contributed by atoms with van der Waals surface area (Å²) < 4.78 is 0. The second-order valence-electron chi connectivity index (χ2n) is 8.45. The first-order chi connectivity index (χ1) is 13.9. The average Bonchev–Trinajstić information content (AvgIpc) is 3.05. The van der Waals surface area contributed by atoms with Crippen LogP contribution in [0, 0.1) is 0 Å². The third-order valence-corrected chi connectivity index (χ3v) is 6.26. The zero-order chi connectivity index (χ0) is 20.6. The molecule has 0 aliphatic carbocycles. The summed E-state index contributed by atoms with van der Waals surface area (Å²) in [5.74, 6) is -0.138. The van der Waals surface area contributed by atoms with Gasteiger partial charge in [0.2, 0.25) is 11.8 Å². The number of aliphatic hydroxyl groups is 1. The molecule has 2 N–H and O–H groups in total. The molecule has 3 aliphatic heterocycles. The number of hydrogen-bond acceptors (Lipinski definition) is 5. The van der Waals surface area contributed by atoms with E-state index in [4.69, 9.17) is 0 Å². The Labute approximate surface area is 170 Å². The van der Waals surface area contributed by atoms with E-state index in [1.165, 1.54) is 6.92 Å². The van der Waals surface area contributed by atoms with E-state index in [1.807, 2.05) is 40.1 Å². The van der Waals surface area contributed by atoms with Crippen molar-refractivity contribution >= 4 is 17.7 Å². The Kier molecular flexibility index (Phi) is 5.31. The number of carbonyl (C=O) groups is 3. The fourth-order valence-electron chi connectivity index (χ4n) is 4.96. The zero-order valence-corrected chi connectivity index (χ0v) is 16.7. The minimum Gasteiger partial charge on any atom is -0.392 e. The topological polar surface area (TPSA) is 93.2 Å². The van der Waals surface area contributed by atoms with Gasteiger partial charge in [-0.2, -0.15) is 0 Å². The van der Waals surface area contributed by atoms with E-state index < -0.39 is 6.10 Å². The summed E-state index contributed by atoms with van der Waals surface area (Å²) in [6.07, 6.45) is 0.506. The van der Waals surface area contributed by atoms with Crippen LogP contribution in [0.25, 0.3) is 0 Å². The van der Waals surface area contributed by atoms with Crippen LogP contribution in [-0.2, 0) is 9.59 Å². The van der Waals surface area contributed by atoms with Gasteiger partial charge in [0.05, 0.1) is 11.6 Å². The molecule has 156 valence electrons. The van der Waals surface area contributed by atoms with Crippen LogP contribution in [0.3, 0.4) is 0 Å². The van der Waals surface area contributed by atoms with E-state index >= 15 is 0 Å². The van der Waals surface area contributed by atoms with Crippen molar-refractivity contribution in [3.8, 4) is 0 Å². The van der Waals surface area contributed by atoms with Crippen LogP contribution in [0.15, 0.2) is 30.3 Å². The SMILES string of the molecule is CC(=O)NCCC(=O)N1C[C@H]2C[C@@H](O)CN2C2(C1)CN(C(=O)c1ccccc1)C2. The van der Waals surface area contributed by atoms with Crippen LogP contribution in [0.4, 0.5) is 0 Å². The van der Waals surface area contributed by atoms with Gasteiger partial charge >= 0.3 is 0 Å². The summed E-state index contributed by atoms with van der Waals surface area (Å²) in [4.78, 5) is 42.5. The highest BCUT2D eigenvalue weighted by molar-refractivity contribution is 5.95. The van der Waals surface area contributed by atoms with E-state index in [2.05, 4.69) is 10.2 Å². The van der Waals surface area contributed by atoms with Gasteiger partial charge in [0, 0.05) is 64.2 Å². The summed E-state index contributed by atoms with van der Waals surface area (Å²) >= 11 is 0. The van der Waals surface area contributed by atoms with Gasteiger partial charge < -0.3 is 20.2 Å². The molecule has 3 fully saturated rings. The number of benzene rings is 1. The first-order valence-electron chi connectivity index (χ1n) is 10.2. The molecule has 0 radical (unpaired) electrons. The second kappa shape index (κ2) is 7.76. The molecular formula is C21H28N4O4. The Hall–Kier alpha value is -2.45. The van der Waals surface area contributed by atoms with Crippen LogP contribution in [0.2, 0.25) is 0 Å². The van der Waals surface area contributed by atoms with Crippen molar-refractivity contribution in [1.82, 2.24) is 20.0 Å². The lowest BCUT2D eigenvalue weighted by Crippen LogP contribution is -2.79. The molecule has 1 spiro atoms. The molecule has 4 rings (SSSR count). The van der Waals surface area contributed by atoms with Gasteiger partial charge in [-0.15, -0.1) is 0 Å². The van der Waals surface area contributed by atoms with Crippen molar-refractivity contribution in [2.24, 2.45) is 0 Å². The maximum absolute atomic E-state index is 12.8. The van der Waals surface area contributed by atoms with Crippen LogP contribution >= 0.6 is 0 Å². The van der Waals surface area contributed by atoms with Crippen molar-refractivity contribution in [2.45, 2.75) is 37.5 Å². The Bertz CT molecular complexity index is 793. The second-order valence-corrected chi connectivity index (χ2v) is 8.45. The number of carbonyl (C=O) groups excluding carboxylic acids is 3. The minimum absolute atomic E-state index is 0.00151. The van der Waals surface area contributed by atoms with Crippen molar-refractivity contribution in [3.63, 3.8) is 0 Å². The molecule has 3 heterocycles. The number of aliphatic hydroxyl groups excluding tert-OH is 1. The van der Waals surface area contributed by atoms with Gasteiger partial charge in [0.15, 0.2) is 0 Å². The Balaban J connectivity index is 1.44. The number of piperazine rings is 1. The summed E-state index contributed by atoms with van der Waals surface area (Å²) in [6.45, 7) is 4.60. The molecule has 0 aromatic heterocycles. The number of rotatable bonds is 4. The quantitative estimate of drug-likeness (QED) is 0.723. The monoisotopic (exact) mass is 400 g/mol. The molecule has 29 heavy (non-hydrogen) atoms. The fourth-order valence-corrected chi connectivity index (χ4v) is 4.96. The first kappa shape index (κ1) is 19.8. The minimum atomic E-state index is -0.398. The van der Waals surface area contributed by atoms with Gasteiger partial charge in [0.1, 0.15) is 0 Å². The zero-order valence-electron chi connectivity index (χ0n) is 16.7. The standard InChI is InChI=1S/C21H28N4O4/c1-15(26)22-8-7-19(28)23-10-17-9-18(27)11-25(17)21(12-23)13-24(14-21)20(29)16-5-3-2-4-6-16/h2-6,17-18,27H,7-14H2,1H3,(H,22,26)/t17-,18-/m1/s1. The van der Waals surface area contributed by atoms with E-state index in [0.717, 1.165) is 0 Å². The van der Waals surface area contributed by atoms with E-state index in [-0.39, 0.29) is 35.7 Å². The first-order valence-corrected chi connectivity index (χ1v) is 10.2. The molecule has 3 aliphatic rings. The average molecular weight is 400 g/mol. The van der Waals surface area contributed by atoms with E-state index in [0.29, 0.717) is 51.3 Å². The Morgan fingerprint density at radius 2 is 1.79 bits per heavy atom. The highest BCUT2D eigenvalue weighted by atomic mass is 16.3. The number of fused-ring (bicyclic) bond motifs is 2. The number of nitrogens with one attached hydrogen (secondary N) is 1. The van der Waals surface area contributed by atoms with Crippen molar-refractivity contribution in [1.29, 1.82) is 0 Å². The lowest BCUT2D eigenvalue weighted by atomic mass is 9.83. The maximum atomic E-state index is 12.8. The van der Waals surface area contributed by atoms with Crippen LogP contribution in [0.5, 0.6) is 0 Å². The molecule has 8 nitrogen and oxygen atoms in total. The number of amides is 3. The molecule has 0 bridgehead atoms. The van der Waals surface area contributed by atoms with Gasteiger partial charge in [-0.3, -0.25) is 19.3 Å². The lowest BCUT2D eigenvalue weighted by molar-refractivity contribution is -0.146. The predicted molar refractivity (Wildman–Crippen MR) is 106 cm³/mol. The fraction of sp³-hybridized carbons (Fsp3) is 0.571. The van der Waals surface area contributed by atoms with E-state index in [9.17, 15) is 19.5 Å². The Morgan fingerprint density at radius 1 is 1.10 bits per heavy atom. The third kappa shape index (κ3) is 3.86. The Morgan fingerprint density at radius 3 is 2.48 bits per heavy atom. The molecule has 1 aromatic rings. The van der Waals surface area contributed by atoms with Gasteiger partial charge in [-0.1, -0.05) is 18.2 Å². The molecule has 2 atom stereocenters. The molecule has 1 aromatic carbocycles. The predicted octanol–water partition coefficient (Wildman–Crippen LogP) is -0.315. The van der Waals surface area contributed by atoms with Crippen LogP contribution in [-0.4, -0.2) is 94.5 Å². The molecular weight excluding hydrogens is 372 g/mol. The van der Waals surface area contributed by atoms with E-state index in [1.54, 1.807) is 0 Å². The van der Waals surface area contributed by atoms with Gasteiger partial charge in [0.25, 0.3) is 5.91 Å². The number of nitrogens with zero attached hydrogens (tertiary/aromatic N) is 3. The third-order valence-electron chi connectivity index (χ3n) is 6.26. The van der Waals surface area contributed by atoms with Gasteiger partial charge in [-0.05, 0) is 18.6 Å². The van der Waals surface area contributed by atoms with Crippen LogP contribution in [0.1, 0.15) is 30.1 Å². The molecule has 3 saturated heterocycles. The lowest BCUT2D eigenvalue weighted by Gasteiger charge is -2.60. The van der Waals surface area contributed by atoms with Crippen molar-refractivity contribution < 1.29 is 19.5 Å². The van der Waals surface area contributed by atoms with Crippen LogP contribution < -0.4 is 5.32 Å². The molecule has 8 heteroatoms. The number of β-amino-alcohol motifs (C(OH)–C–C–N with tert-alkyl or cyclic N) is 1. The molecule has 0 saturated carbocycles. The summed E-state index contributed by atoms with van der Waals surface area (Å²) in [7, 11) is 0. The normalized spacial score (nSPS) is 25.4. The molecule has 3 amide bonds. The highest BCUT2D eigenvalue weighted by Gasteiger charge is 2.57. The summed E-state index contributed by atoms with van der Waals surface area (Å²) in [5.41, 5.74) is 0.369. The molecule has 0 unspecified atom stereocenters.